The Kier molecular flexibility index (Phi) is 6.32. The Morgan fingerprint density at radius 3 is 2.62 bits per heavy atom. The summed E-state index contributed by atoms with van der Waals surface area (Å²) in [6.07, 6.45) is -4.51. The monoisotopic (exact) mass is 465 g/mol. The summed E-state index contributed by atoms with van der Waals surface area (Å²) in [5.74, 6) is 0.194. The molecular formula is C17H15ClF3N3O3S2. The molecule has 0 fully saturated rings. The minimum atomic E-state index is -4.89. The molecule has 2 aromatic heterocycles. The number of nitrogens with zero attached hydrogens (tertiary/aromatic N) is 3. The second-order valence-corrected chi connectivity index (χ2v) is 9.25. The van der Waals surface area contributed by atoms with Crippen LogP contribution in [0.3, 0.4) is 0 Å². The van der Waals surface area contributed by atoms with Crippen molar-refractivity contribution in [3.8, 4) is 10.8 Å². The molecule has 0 aliphatic heterocycles. The van der Waals surface area contributed by atoms with E-state index in [2.05, 4.69) is 10.2 Å². The van der Waals surface area contributed by atoms with E-state index >= 15 is 0 Å². The molecule has 0 amide bonds. The first kappa shape index (κ1) is 21.8. The van der Waals surface area contributed by atoms with Gasteiger partial charge in [0.15, 0.2) is 0 Å². The van der Waals surface area contributed by atoms with Gasteiger partial charge in [-0.15, -0.1) is 21.5 Å². The molecule has 0 aliphatic carbocycles. The zero-order valence-electron chi connectivity index (χ0n) is 15.0. The van der Waals surface area contributed by atoms with Crippen LogP contribution in [0.2, 0.25) is 5.02 Å². The maximum Gasteiger partial charge on any atom is 0.417 e. The summed E-state index contributed by atoms with van der Waals surface area (Å²) in [7, 11) is -4.51. The lowest BCUT2D eigenvalue weighted by molar-refractivity contribution is -0.139. The van der Waals surface area contributed by atoms with Crippen LogP contribution in [0, 0.1) is 0 Å². The van der Waals surface area contributed by atoms with Crippen molar-refractivity contribution < 1.29 is 26.0 Å². The average molecular weight is 466 g/mol. The van der Waals surface area contributed by atoms with Crippen molar-refractivity contribution in [1.29, 1.82) is 0 Å². The van der Waals surface area contributed by atoms with Crippen molar-refractivity contribution in [2.75, 3.05) is 6.54 Å². The highest BCUT2D eigenvalue weighted by Gasteiger charge is 2.39. The number of hydrogen-bond donors (Lipinski definition) is 0. The molecule has 0 saturated carbocycles. The van der Waals surface area contributed by atoms with Crippen molar-refractivity contribution in [1.82, 2.24) is 14.5 Å². The number of alkyl halides is 3. The highest BCUT2D eigenvalue weighted by atomic mass is 35.5. The molecule has 0 radical (unpaired) electrons. The normalized spacial score (nSPS) is 12.6. The third-order valence-electron chi connectivity index (χ3n) is 3.85. The highest BCUT2D eigenvalue weighted by Crippen LogP contribution is 2.37. The van der Waals surface area contributed by atoms with Gasteiger partial charge in [0.05, 0.1) is 21.9 Å². The van der Waals surface area contributed by atoms with E-state index in [4.69, 9.17) is 16.0 Å². The van der Waals surface area contributed by atoms with Crippen LogP contribution in [0.4, 0.5) is 13.2 Å². The van der Waals surface area contributed by atoms with Gasteiger partial charge in [-0.2, -0.15) is 17.5 Å². The lowest BCUT2D eigenvalue weighted by atomic mass is 10.2. The first-order chi connectivity index (χ1) is 13.6. The van der Waals surface area contributed by atoms with Crippen LogP contribution in [0.1, 0.15) is 24.8 Å². The second-order valence-electron chi connectivity index (χ2n) is 5.96. The van der Waals surface area contributed by atoms with Crippen molar-refractivity contribution >= 4 is 33.0 Å². The number of hydrogen-bond acceptors (Lipinski definition) is 6. The summed E-state index contributed by atoms with van der Waals surface area (Å²) in [5, 5.41) is 9.30. The van der Waals surface area contributed by atoms with Crippen LogP contribution < -0.4 is 0 Å². The summed E-state index contributed by atoms with van der Waals surface area (Å²) in [4.78, 5) is -0.174. The summed E-state index contributed by atoms with van der Waals surface area (Å²) >= 11 is 7.02. The molecule has 29 heavy (non-hydrogen) atoms. The third kappa shape index (κ3) is 4.80. The Hall–Kier alpha value is -1.95. The van der Waals surface area contributed by atoms with E-state index < -0.39 is 26.7 Å². The van der Waals surface area contributed by atoms with Crippen LogP contribution in [0.5, 0.6) is 0 Å². The van der Waals surface area contributed by atoms with Crippen LogP contribution in [-0.2, 0) is 22.7 Å². The Morgan fingerprint density at radius 1 is 1.24 bits per heavy atom. The van der Waals surface area contributed by atoms with Crippen LogP contribution in [-0.4, -0.2) is 29.5 Å². The van der Waals surface area contributed by atoms with Crippen molar-refractivity contribution in [3.05, 3.63) is 52.2 Å². The first-order valence-corrected chi connectivity index (χ1v) is 11.1. The van der Waals surface area contributed by atoms with Gasteiger partial charge >= 0.3 is 6.18 Å². The van der Waals surface area contributed by atoms with Gasteiger partial charge in [0.2, 0.25) is 15.9 Å². The molecule has 0 aliphatic rings. The maximum absolute atomic E-state index is 13.4. The molecular weight excluding hydrogens is 451 g/mol. The largest absolute Gasteiger partial charge is 0.418 e. The molecule has 0 atom stereocenters. The lowest BCUT2D eigenvalue weighted by Crippen LogP contribution is -2.33. The topological polar surface area (TPSA) is 76.3 Å². The van der Waals surface area contributed by atoms with Gasteiger partial charge < -0.3 is 4.42 Å². The third-order valence-corrected chi connectivity index (χ3v) is 6.84. The molecule has 3 aromatic rings. The molecule has 6 nitrogen and oxygen atoms in total. The van der Waals surface area contributed by atoms with Gasteiger partial charge in [-0.25, -0.2) is 8.42 Å². The summed E-state index contributed by atoms with van der Waals surface area (Å²) in [5.41, 5.74) is -1.32. The fourth-order valence-electron chi connectivity index (χ4n) is 2.59. The number of sulfonamides is 1. The Labute approximate surface area is 174 Å². The van der Waals surface area contributed by atoms with Gasteiger partial charge in [0, 0.05) is 11.6 Å². The van der Waals surface area contributed by atoms with Gasteiger partial charge in [0.1, 0.15) is 0 Å². The minimum Gasteiger partial charge on any atom is -0.418 e. The number of aromatic nitrogens is 2. The quantitative estimate of drug-likeness (QED) is 0.487. The Balaban J connectivity index is 1.97. The summed E-state index contributed by atoms with van der Waals surface area (Å²) in [6.45, 7) is 1.33. The standard InChI is InChI=1S/C17H15ClF3N3O3S2/c1-2-7-24(10-15-22-23-16(27-15)13-4-3-8-28-13)29(25,26)14-6-5-11(18)9-12(14)17(19,20)21/h3-6,8-9H,2,7,10H2,1H3. The fraction of sp³-hybridized carbons (Fsp3) is 0.294. The van der Waals surface area contributed by atoms with E-state index in [0.29, 0.717) is 17.4 Å². The molecule has 0 spiro atoms. The molecule has 12 heteroatoms. The summed E-state index contributed by atoms with van der Waals surface area (Å²) < 4.78 is 72.7. The van der Waals surface area contributed by atoms with E-state index in [1.165, 1.54) is 11.3 Å². The predicted molar refractivity (Wildman–Crippen MR) is 102 cm³/mol. The fourth-order valence-corrected chi connectivity index (χ4v) is 5.08. The molecule has 0 unspecified atom stereocenters. The van der Waals surface area contributed by atoms with E-state index in [1.54, 1.807) is 19.1 Å². The van der Waals surface area contributed by atoms with Crippen LogP contribution in [0.25, 0.3) is 10.8 Å². The molecule has 1 aromatic carbocycles. The van der Waals surface area contributed by atoms with E-state index in [9.17, 15) is 21.6 Å². The van der Waals surface area contributed by atoms with Crippen molar-refractivity contribution in [3.63, 3.8) is 0 Å². The summed E-state index contributed by atoms with van der Waals surface area (Å²) in [6, 6.07) is 6.10. The molecule has 0 saturated heterocycles. The van der Waals surface area contributed by atoms with Crippen LogP contribution in [0.15, 0.2) is 45.0 Å². The van der Waals surface area contributed by atoms with E-state index in [0.717, 1.165) is 16.4 Å². The van der Waals surface area contributed by atoms with Crippen molar-refractivity contribution in [2.45, 2.75) is 31.0 Å². The Morgan fingerprint density at radius 2 is 2.00 bits per heavy atom. The van der Waals surface area contributed by atoms with Gasteiger partial charge in [-0.1, -0.05) is 24.6 Å². The zero-order valence-corrected chi connectivity index (χ0v) is 17.4. The molecule has 3 rings (SSSR count). The first-order valence-electron chi connectivity index (χ1n) is 8.36. The SMILES string of the molecule is CCCN(Cc1nnc(-c2cccs2)o1)S(=O)(=O)c1ccc(Cl)cc1C(F)(F)F. The van der Waals surface area contributed by atoms with Crippen molar-refractivity contribution in [2.24, 2.45) is 0 Å². The molecule has 0 N–H and O–H groups in total. The van der Waals surface area contributed by atoms with E-state index in [-0.39, 0.29) is 29.9 Å². The van der Waals surface area contributed by atoms with Gasteiger partial charge in [0.25, 0.3) is 5.89 Å². The smallest absolute Gasteiger partial charge is 0.417 e. The second kappa shape index (κ2) is 8.42. The highest BCUT2D eigenvalue weighted by molar-refractivity contribution is 7.89. The van der Waals surface area contributed by atoms with Crippen LogP contribution >= 0.6 is 22.9 Å². The predicted octanol–water partition coefficient (Wildman–Crippen LogP) is 5.07. The maximum atomic E-state index is 13.4. The molecule has 156 valence electrons. The zero-order chi connectivity index (χ0) is 21.2. The molecule has 2 heterocycles. The number of halogens is 4. The number of rotatable bonds is 7. The average Bonchev–Trinajstić information content (AvgIpc) is 3.32. The Bertz CT molecular complexity index is 1080. The van der Waals surface area contributed by atoms with Gasteiger partial charge in [-0.05, 0) is 36.1 Å². The number of benzene rings is 1. The number of thiophene rings is 1. The van der Waals surface area contributed by atoms with Gasteiger partial charge in [-0.3, -0.25) is 0 Å². The molecule has 0 bridgehead atoms. The van der Waals surface area contributed by atoms with E-state index in [1.807, 2.05) is 5.38 Å². The lowest BCUT2D eigenvalue weighted by Gasteiger charge is -2.22. The minimum absolute atomic E-state index is 0.0204.